The monoisotopic (exact) mass is 279 g/mol. The number of carboxylic acids is 1. The summed E-state index contributed by atoms with van der Waals surface area (Å²) in [6, 6.07) is 2.97. The normalized spacial score (nSPS) is 26.2. The fourth-order valence-electron chi connectivity index (χ4n) is 2.60. The first kappa shape index (κ1) is 14.7. The molecule has 0 radical (unpaired) electrons. The van der Waals surface area contributed by atoms with E-state index in [0.29, 0.717) is 12.4 Å². The minimum absolute atomic E-state index is 0.0854. The first-order valence-electron chi connectivity index (χ1n) is 7.06. The standard InChI is InChI=1S/C14H21N3O3/c1-2-10-5-7-14(20,8-6-10)9-15-12-4-3-11(13(18)19)16-17-12/h3-4,10,20H,2,5-9H2,1H3,(H,15,17)(H,18,19). The number of aliphatic hydroxyl groups is 1. The number of rotatable bonds is 5. The molecule has 1 saturated carbocycles. The van der Waals surface area contributed by atoms with Crippen LogP contribution in [0.4, 0.5) is 5.82 Å². The van der Waals surface area contributed by atoms with Crippen molar-refractivity contribution in [3.63, 3.8) is 0 Å². The molecule has 0 spiro atoms. The molecular weight excluding hydrogens is 258 g/mol. The second-order valence-corrected chi connectivity index (χ2v) is 5.54. The summed E-state index contributed by atoms with van der Waals surface area (Å²) in [5.74, 6) is 0.117. The summed E-state index contributed by atoms with van der Waals surface area (Å²) in [6.45, 7) is 2.61. The molecular formula is C14H21N3O3. The van der Waals surface area contributed by atoms with E-state index in [1.54, 1.807) is 6.07 Å². The summed E-state index contributed by atoms with van der Waals surface area (Å²) in [6.07, 6.45) is 4.86. The molecule has 0 saturated heterocycles. The van der Waals surface area contributed by atoms with Gasteiger partial charge in [0.1, 0.15) is 5.82 Å². The van der Waals surface area contributed by atoms with Gasteiger partial charge in [-0.25, -0.2) is 4.79 Å². The van der Waals surface area contributed by atoms with Gasteiger partial charge in [0.05, 0.1) is 5.60 Å². The van der Waals surface area contributed by atoms with Crippen LogP contribution in [-0.4, -0.2) is 38.5 Å². The van der Waals surface area contributed by atoms with Gasteiger partial charge in [0, 0.05) is 6.54 Å². The minimum atomic E-state index is -1.10. The summed E-state index contributed by atoms with van der Waals surface area (Å²) in [5, 5.41) is 29.6. The van der Waals surface area contributed by atoms with Crippen LogP contribution in [0.2, 0.25) is 0 Å². The zero-order valence-electron chi connectivity index (χ0n) is 11.7. The molecule has 110 valence electrons. The van der Waals surface area contributed by atoms with Crippen molar-refractivity contribution >= 4 is 11.8 Å². The van der Waals surface area contributed by atoms with Gasteiger partial charge in [-0.05, 0) is 43.7 Å². The van der Waals surface area contributed by atoms with Crippen LogP contribution in [0.1, 0.15) is 49.5 Å². The molecule has 0 bridgehead atoms. The largest absolute Gasteiger partial charge is 0.476 e. The first-order valence-corrected chi connectivity index (χ1v) is 7.06. The van der Waals surface area contributed by atoms with Crippen molar-refractivity contribution in [2.45, 2.75) is 44.6 Å². The molecule has 1 aromatic heterocycles. The van der Waals surface area contributed by atoms with Crippen LogP contribution in [-0.2, 0) is 0 Å². The lowest BCUT2D eigenvalue weighted by atomic mass is 9.78. The molecule has 6 heteroatoms. The van der Waals surface area contributed by atoms with Crippen molar-refractivity contribution in [2.24, 2.45) is 5.92 Å². The fraction of sp³-hybridized carbons (Fsp3) is 0.643. The number of aromatic nitrogens is 2. The Labute approximate surface area is 118 Å². The van der Waals surface area contributed by atoms with Crippen LogP contribution in [0.25, 0.3) is 0 Å². The number of aromatic carboxylic acids is 1. The molecule has 0 amide bonds. The molecule has 20 heavy (non-hydrogen) atoms. The highest BCUT2D eigenvalue weighted by Crippen LogP contribution is 2.33. The van der Waals surface area contributed by atoms with Crippen LogP contribution in [0.5, 0.6) is 0 Å². The Morgan fingerprint density at radius 1 is 1.40 bits per heavy atom. The summed E-state index contributed by atoms with van der Waals surface area (Å²) in [7, 11) is 0. The predicted molar refractivity (Wildman–Crippen MR) is 74.7 cm³/mol. The van der Waals surface area contributed by atoms with E-state index in [2.05, 4.69) is 22.4 Å². The second-order valence-electron chi connectivity index (χ2n) is 5.54. The van der Waals surface area contributed by atoms with E-state index in [0.717, 1.165) is 31.6 Å². The molecule has 0 aromatic carbocycles. The zero-order chi connectivity index (χ0) is 14.6. The summed E-state index contributed by atoms with van der Waals surface area (Å²) < 4.78 is 0. The third kappa shape index (κ3) is 3.66. The Bertz CT molecular complexity index is 453. The Balaban J connectivity index is 1.87. The van der Waals surface area contributed by atoms with E-state index in [1.807, 2.05) is 0 Å². The molecule has 0 aliphatic heterocycles. The SMILES string of the molecule is CCC1CCC(O)(CNc2ccc(C(=O)O)nn2)CC1. The lowest BCUT2D eigenvalue weighted by Gasteiger charge is -2.35. The van der Waals surface area contributed by atoms with E-state index < -0.39 is 11.6 Å². The number of nitrogens with one attached hydrogen (secondary N) is 1. The van der Waals surface area contributed by atoms with E-state index in [4.69, 9.17) is 5.11 Å². The van der Waals surface area contributed by atoms with Crippen LogP contribution in [0.3, 0.4) is 0 Å². The number of nitrogens with zero attached hydrogens (tertiary/aromatic N) is 2. The average Bonchev–Trinajstić information content (AvgIpc) is 2.46. The summed E-state index contributed by atoms with van der Waals surface area (Å²) >= 11 is 0. The number of carbonyl (C=O) groups is 1. The van der Waals surface area contributed by atoms with Gasteiger partial charge in [0.15, 0.2) is 5.69 Å². The van der Waals surface area contributed by atoms with Gasteiger partial charge in [-0.1, -0.05) is 13.3 Å². The molecule has 1 fully saturated rings. The highest BCUT2D eigenvalue weighted by molar-refractivity contribution is 5.85. The highest BCUT2D eigenvalue weighted by Gasteiger charge is 2.32. The third-order valence-electron chi connectivity index (χ3n) is 4.10. The lowest BCUT2D eigenvalue weighted by molar-refractivity contribution is 0.00221. The Hall–Kier alpha value is -1.69. The van der Waals surface area contributed by atoms with Gasteiger partial charge in [-0.2, -0.15) is 0 Å². The molecule has 1 aliphatic rings. The van der Waals surface area contributed by atoms with Crippen molar-refractivity contribution in [3.05, 3.63) is 17.8 Å². The smallest absolute Gasteiger partial charge is 0.356 e. The van der Waals surface area contributed by atoms with Gasteiger partial charge < -0.3 is 15.5 Å². The molecule has 2 rings (SSSR count). The molecule has 6 nitrogen and oxygen atoms in total. The zero-order valence-corrected chi connectivity index (χ0v) is 11.7. The fourth-order valence-corrected chi connectivity index (χ4v) is 2.60. The van der Waals surface area contributed by atoms with Gasteiger partial charge in [-0.3, -0.25) is 0 Å². The van der Waals surface area contributed by atoms with Crippen LogP contribution in [0.15, 0.2) is 12.1 Å². The van der Waals surface area contributed by atoms with Crippen molar-refractivity contribution in [1.82, 2.24) is 10.2 Å². The maximum Gasteiger partial charge on any atom is 0.356 e. The van der Waals surface area contributed by atoms with Gasteiger partial charge in [-0.15, -0.1) is 10.2 Å². The van der Waals surface area contributed by atoms with Gasteiger partial charge in [0.25, 0.3) is 0 Å². The average molecular weight is 279 g/mol. The number of hydrogen-bond donors (Lipinski definition) is 3. The van der Waals surface area contributed by atoms with Crippen molar-refractivity contribution in [2.75, 3.05) is 11.9 Å². The maximum absolute atomic E-state index is 10.7. The van der Waals surface area contributed by atoms with Crippen molar-refractivity contribution < 1.29 is 15.0 Å². The minimum Gasteiger partial charge on any atom is -0.476 e. The number of anilines is 1. The number of hydrogen-bond acceptors (Lipinski definition) is 5. The van der Waals surface area contributed by atoms with E-state index in [1.165, 1.54) is 12.5 Å². The molecule has 1 aromatic rings. The van der Waals surface area contributed by atoms with Crippen LogP contribution >= 0.6 is 0 Å². The maximum atomic E-state index is 10.7. The Kier molecular flexibility index (Phi) is 4.54. The van der Waals surface area contributed by atoms with Crippen molar-refractivity contribution in [1.29, 1.82) is 0 Å². The molecule has 1 heterocycles. The van der Waals surface area contributed by atoms with Crippen LogP contribution in [0, 0.1) is 5.92 Å². The Morgan fingerprint density at radius 2 is 2.10 bits per heavy atom. The topological polar surface area (TPSA) is 95.3 Å². The molecule has 3 N–H and O–H groups in total. The number of carboxylic acid groups (broad SMARTS) is 1. The Morgan fingerprint density at radius 3 is 2.60 bits per heavy atom. The molecule has 0 atom stereocenters. The first-order chi connectivity index (χ1) is 9.52. The van der Waals surface area contributed by atoms with Crippen LogP contribution < -0.4 is 5.32 Å². The van der Waals surface area contributed by atoms with E-state index in [-0.39, 0.29) is 5.69 Å². The second kappa shape index (κ2) is 6.17. The van der Waals surface area contributed by atoms with E-state index >= 15 is 0 Å². The van der Waals surface area contributed by atoms with Gasteiger partial charge in [0.2, 0.25) is 0 Å². The quantitative estimate of drug-likeness (QED) is 0.762. The third-order valence-corrected chi connectivity index (χ3v) is 4.10. The highest BCUT2D eigenvalue weighted by atomic mass is 16.4. The summed E-state index contributed by atoms with van der Waals surface area (Å²) in [4.78, 5) is 10.7. The summed E-state index contributed by atoms with van der Waals surface area (Å²) in [5.41, 5.74) is -0.781. The predicted octanol–water partition coefficient (Wildman–Crippen LogP) is 1.92. The van der Waals surface area contributed by atoms with Crippen molar-refractivity contribution in [3.8, 4) is 0 Å². The molecule has 1 aliphatic carbocycles. The lowest BCUT2D eigenvalue weighted by Crippen LogP contribution is -2.40. The molecule has 0 unspecified atom stereocenters. The van der Waals surface area contributed by atoms with E-state index in [9.17, 15) is 9.90 Å². The van der Waals surface area contributed by atoms with Gasteiger partial charge >= 0.3 is 5.97 Å².